The lowest BCUT2D eigenvalue weighted by Gasteiger charge is -2.47. The molecule has 0 spiro atoms. The number of carbonyl (C=O) groups excluding carboxylic acids is 1. The first kappa shape index (κ1) is 18.5. The Balaban J connectivity index is 1.37. The third kappa shape index (κ3) is 3.37. The standard InChI is InChI=1S/C23H21N5O2S/c29-21(25-11-14-4-2-1-3-5-14)17-6-7-18(22-24-8-9-31-22)20-19(17)27-23(30-20)28-12-15-10-16(13-28)26-15/h1-9,15-16,26H,10-13H2,(H,25,29). The van der Waals surface area contributed by atoms with E-state index in [4.69, 9.17) is 9.40 Å². The normalized spacial score (nSPS) is 19.9. The molecule has 3 saturated heterocycles. The van der Waals surface area contributed by atoms with Crippen LogP contribution >= 0.6 is 11.3 Å². The molecule has 2 unspecified atom stereocenters. The molecule has 1 amide bonds. The molecule has 2 N–H and O–H groups in total. The first-order valence-electron chi connectivity index (χ1n) is 10.4. The van der Waals surface area contributed by atoms with Gasteiger partial charge in [-0.15, -0.1) is 11.3 Å². The van der Waals surface area contributed by atoms with Gasteiger partial charge in [-0.3, -0.25) is 4.79 Å². The summed E-state index contributed by atoms with van der Waals surface area (Å²) in [6.45, 7) is 2.19. The molecule has 3 aliphatic rings. The molecular weight excluding hydrogens is 410 g/mol. The van der Waals surface area contributed by atoms with Crippen molar-refractivity contribution in [2.75, 3.05) is 18.0 Å². The Hall–Kier alpha value is -3.23. The SMILES string of the molecule is O=C(NCc1ccccc1)c1ccc(-c2nccs2)c2oc(N3CC4CC(C3)N4)nc12. The van der Waals surface area contributed by atoms with Crippen LogP contribution in [0.5, 0.6) is 0 Å². The number of anilines is 1. The van der Waals surface area contributed by atoms with Gasteiger partial charge < -0.3 is 20.0 Å². The van der Waals surface area contributed by atoms with Crippen molar-refractivity contribution in [2.24, 2.45) is 0 Å². The summed E-state index contributed by atoms with van der Waals surface area (Å²) in [7, 11) is 0. The lowest BCUT2D eigenvalue weighted by atomic mass is 9.92. The van der Waals surface area contributed by atoms with E-state index in [0.29, 0.717) is 41.3 Å². The lowest BCUT2D eigenvalue weighted by molar-refractivity contribution is 0.0952. The highest BCUT2D eigenvalue weighted by Gasteiger charge is 2.38. The highest BCUT2D eigenvalue weighted by molar-refractivity contribution is 7.13. The first-order chi connectivity index (χ1) is 15.2. The highest BCUT2D eigenvalue weighted by atomic mass is 32.1. The maximum absolute atomic E-state index is 13.0. The molecule has 8 heteroatoms. The van der Waals surface area contributed by atoms with Gasteiger partial charge in [-0.05, 0) is 24.1 Å². The van der Waals surface area contributed by atoms with Gasteiger partial charge in [0.05, 0.1) is 11.1 Å². The van der Waals surface area contributed by atoms with Gasteiger partial charge in [-0.2, -0.15) is 4.98 Å². The molecule has 5 heterocycles. The summed E-state index contributed by atoms with van der Waals surface area (Å²) in [4.78, 5) is 24.4. The average molecular weight is 432 g/mol. The number of nitrogens with zero attached hydrogens (tertiary/aromatic N) is 3. The number of piperazine rings is 1. The molecule has 2 aromatic heterocycles. The number of thiazole rings is 1. The topological polar surface area (TPSA) is 83.3 Å². The van der Waals surface area contributed by atoms with E-state index in [-0.39, 0.29) is 5.91 Å². The van der Waals surface area contributed by atoms with E-state index in [1.54, 1.807) is 17.5 Å². The number of hydrogen-bond acceptors (Lipinski definition) is 7. The molecule has 31 heavy (non-hydrogen) atoms. The molecule has 7 nitrogen and oxygen atoms in total. The van der Waals surface area contributed by atoms with Gasteiger partial charge in [0, 0.05) is 43.3 Å². The van der Waals surface area contributed by atoms with Crippen LogP contribution in [-0.2, 0) is 6.54 Å². The van der Waals surface area contributed by atoms with Crippen molar-refractivity contribution in [3.8, 4) is 10.6 Å². The van der Waals surface area contributed by atoms with Crippen LogP contribution in [0.15, 0.2) is 58.5 Å². The van der Waals surface area contributed by atoms with Crippen molar-refractivity contribution >= 4 is 34.4 Å². The van der Waals surface area contributed by atoms with Crippen LogP contribution in [0.1, 0.15) is 22.3 Å². The fourth-order valence-corrected chi connectivity index (χ4v) is 5.04. The van der Waals surface area contributed by atoms with Gasteiger partial charge in [0.1, 0.15) is 10.5 Å². The molecule has 2 bridgehead atoms. The average Bonchev–Trinajstić information content (AvgIpc) is 3.48. The summed E-state index contributed by atoms with van der Waals surface area (Å²) in [6, 6.07) is 15.1. The third-order valence-corrected chi connectivity index (χ3v) is 6.73. The van der Waals surface area contributed by atoms with Crippen molar-refractivity contribution < 1.29 is 9.21 Å². The van der Waals surface area contributed by atoms with E-state index in [0.717, 1.165) is 29.2 Å². The molecule has 0 saturated carbocycles. The number of nitrogens with one attached hydrogen (secondary N) is 2. The molecule has 3 fully saturated rings. The third-order valence-electron chi connectivity index (χ3n) is 5.93. The van der Waals surface area contributed by atoms with Crippen LogP contribution < -0.4 is 15.5 Å². The zero-order valence-electron chi connectivity index (χ0n) is 16.7. The highest BCUT2D eigenvalue weighted by Crippen LogP contribution is 2.36. The van der Waals surface area contributed by atoms with Crippen LogP contribution in [0.3, 0.4) is 0 Å². The summed E-state index contributed by atoms with van der Waals surface area (Å²) >= 11 is 1.54. The number of fused-ring (bicyclic) bond motifs is 3. The van der Waals surface area contributed by atoms with Crippen molar-refractivity contribution in [3.63, 3.8) is 0 Å². The molecule has 0 aliphatic carbocycles. The second-order valence-electron chi connectivity index (χ2n) is 8.04. The minimum Gasteiger partial charge on any atom is -0.423 e. The van der Waals surface area contributed by atoms with E-state index in [9.17, 15) is 4.79 Å². The van der Waals surface area contributed by atoms with Crippen molar-refractivity contribution in [1.82, 2.24) is 20.6 Å². The number of benzene rings is 2. The molecule has 3 aliphatic heterocycles. The Morgan fingerprint density at radius 2 is 2.00 bits per heavy atom. The largest absolute Gasteiger partial charge is 0.423 e. The van der Waals surface area contributed by atoms with E-state index in [1.165, 1.54) is 6.42 Å². The summed E-state index contributed by atoms with van der Waals surface area (Å²) in [6.07, 6.45) is 2.97. The molecular formula is C23H21N5O2S. The predicted molar refractivity (Wildman–Crippen MR) is 120 cm³/mol. The van der Waals surface area contributed by atoms with E-state index < -0.39 is 0 Å². The van der Waals surface area contributed by atoms with Crippen LogP contribution in [0.25, 0.3) is 21.7 Å². The first-order valence-corrected chi connectivity index (χ1v) is 11.3. The minimum absolute atomic E-state index is 0.164. The maximum Gasteiger partial charge on any atom is 0.298 e. The van der Waals surface area contributed by atoms with Gasteiger partial charge in [0.2, 0.25) is 0 Å². The quantitative estimate of drug-likeness (QED) is 0.504. The molecule has 2 atom stereocenters. The summed E-state index contributed by atoms with van der Waals surface area (Å²) in [5.41, 5.74) is 3.63. The Bertz CT molecular complexity index is 1220. The maximum atomic E-state index is 13.0. The number of aromatic nitrogens is 2. The minimum atomic E-state index is -0.164. The molecule has 0 radical (unpaired) electrons. The molecule has 4 aromatic rings. The Morgan fingerprint density at radius 3 is 2.74 bits per heavy atom. The Kier molecular flexibility index (Phi) is 4.47. The molecule has 2 aromatic carbocycles. The smallest absolute Gasteiger partial charge is 0.298 e. The zero-order chi connectivity index (χ0) is 20.8. The predicted octanol–water partition coefficient (Wildman–Crippen LogP) is 3.43. The molecule has 156 valence electrons. The van der Waals surface area contributed by atoms with Crippen molar-refractivity contribution in [3.05, 3.63) is 65.2 Å². The fourth-order valence-electron chi connectivity index (χ4n) is 4.38. The summed E-state index contributed by atoms with van der Waals surface area (Å²) in [5.74, 6) is -0.164. The number of hydrogen-bond donors (Lipinski definition) is 2. The Labute approximate surface area is 183 Å². The van der Waals surface area contributed by atoms with Crippen LogP contribution in [0, 0.1) is 0 Å². The van der Waals surface area contributed by atoms with Gasteiger partial charge in [-0.25, -0.2) is 4.98 Å². The van der Waals surface area contributed by atoms with Crippen LogP contribution in [-0.4, -0.2) is 41.0 Å². The second-order valence-corrected chi connectivity index (χ2v) is 8.94. The van der Waals surface area contributed by atoms with Gasteiger partial charge >= 0.3 is 0 Å². The van der Waals surface area contributed by atoms with Gasteiger partial charge in [0.15, 0.2) is 5.58 Å². The molecule has 7 rings (SSSR count). The number of amides is 1. The summed E-state index contributed by atoms with van der Waals surface area (Å²) in [5, 5.41) is 9.32. The van der Waals surface area contributed by atoms with Crippen LogP contribution in [0.4, 0.5) is 6.01 Å². The number of oxazole rings is 1. The number of carbonyl (C=O) groups is 1. The fraction of sp³-hybridized carbons (Fsp3) is 0.261. The lowest BCUT2D eigenvalue weighted by Crippen LogP contribution is -2.67. The number of rotatable bonds is 5. The van der Waals surface area contributed by atoms with E-state index in [1.807, 2.05) is 47.8 Å². The Morgan fingerprint density at radius 1 is 1.19 bits per heavy atom. The number of piperidine rings is 1. The van der Waals surface area contributed by atoms with Crippen molar-refractivity contribution in [2.45, 2.75) is 25.0 Å². The monoisotopic (exact) mass is 431 g/mol. The van der Waals surface area contributed by atoms with E-state index in [2.05, 4.69) is 20.5 Å². The zero-order valence-corrected chi connectivity index (χ0v) is 17.6. The van der Waals surface area contributed by atoms with Gasteiger partial charge in [-0.1, -0.05) is 30.3 Å². The summed E-state index contributed by atoms with van der Waals surface area (Å²) < 4.78 is 6.26. The van der Waals surface area contributed by atoms with E-state index >= 15 is 0 Å². The van der Waals surface area contributed by atoms with Crippen LogP contribution in [0.2, 0.25) is 0 Å². The van der Waals surface area contributed by atoms with Crippen molar-refractivity contribution in [1.29, 1.82) is 0 Å². The second kappa shape index (κ2) is 7.47. The van der Waals surface area contributed by atoms with Gasteiger partial charge in [0.25, 0.3) is 11.9 Å².